The van der Waals surface area contributed by atoms with Crippen LogP contribution in [-0.4, -0.2) is 39.3 Å². The summed E-state index contributed by atoms with van der Waals surface area (Å²) in [5, 5.41) is 12.5. The Morgan fingerprint density at radius 1 is 1.10 bits per heavy atom. The molecule has 2 N–H and O–H groups in total. The molecule has 0 spiro atoms. The van der Waals surface area contributed by atoms with Crippen LogP contribution in [0, 0.1) is 0 Å². The van der Waals surface area contributed by atoms with Crippen molar-refractivity contribution in [2.24, 2.45) is 0 Å². The highest BCUT2D eigenvalue weighted by molar-refractivity contribution is 5.59. The molecule has 0 bridgehead atoms. The Kier molecular flexibility index (Phi) is 6.03. The minimum absolute atomic E-state index is 0.111. The van der Waals surface area contributed by atoms with Crippen molar-refractivity contribution in [1.29, 1.82) is 0 Å². The number of hydrogen-bond donors (Lipinski definition) is 2. The molecule has 31 heavy (non-hydrogen) atoms. The maximum absolute atomic E-state index is 13.5. The van der Waals surface area contributed by atoms with Gasteiger partial charge in [0.2, 0.25) is 5.95 Å². The van der Waals surface area contributed by atoms with E-state index in [-0.39, 0.29) is 24.4 Å². The predicted octanol–water partition coefficient (Wildman–Crippen LogP) is 4.13. The van der Waals surface area contributed by atoms with E-state index in [4.69, 9.17) is 0 Å². The number of benzene rings is 1. The largest absolute Gasteiger partial charge is 0.421 e. The number of anilines is 2. The third-order valence-corrected chi connectivity index (χ3v) is 5.30. The molecule has 1 aromatic carbocycles. The third-order valence-electron chi connectivity index (χ3n) is 5.30. The van der Waals surface area contributed by atoms with E-state index in [1.165, 1.54) is 4.90 Å². The van der Waals surface area contributed by atoms with Gasteiger partial charge in [-0.3, -0.25) is 4.98 Å². The Labute approximate surface area is 177 Å². The van der Waals surface area contributed by atoms with Gasteiger partial charge in [-0.15, -0.1) is 0 Å². The molecule has 3 aromatic rings. The second-order valence-electron chi connectivity index (χ2n) is 7.37. The number of pyridine rings is 1. The average molecular weight is 429 g/mol. The SMILES string of the molecule is OC[C@H]1CCCN1c1nc(NCc2ccc(-c3ccccn3)cc2)ncc1C(F)(F)F. The van der Waals surface area contributed by atoms with Gasteiger partial charge >= 0.3 is 6.18 Å². The highest BCUT2D eigenvalue weighted by Crippen LogP contribution is 2.38. The Hall–Kier alpha value is -3.20. The molecule has 1 fully saturated rings. The molecule has 0 unspecified atom stereocenters. The van der Waals surface area contributed by atoms with Gasteiger partial charge in [-0.05, 0) is 30.5 Å². The smallest absolute Gasteiger partial charge is 0.394 e. The molecule has 3 heterocycles. The molecule has 0 amide bonds. The molecule has 1 aliphatic rings. The Balaban J connectivity index is 1.52. The van der Waals surface area contributed by atoms with Gasteiger partial charge in [-0.1, -0.05) is 30.3 Å². The fourth-order valence-electron chi connectivity index (χ4n) is 3.69. The number of hydrogen-bond acceptors (Lipinski definition) is 6. The summed E-state index contributed by atoms with van der Waals surface area (Å²) in [6.45, 7) is 0.559. The lowest BCUT2D eigenvalue weighted by atomic mass is 10.1. The molecule has 0 radical (unpaired) electrons. The predicted molar refractivity (Wildman–Crippen MR) is 111 cm³/mol. The Morgan fingerprint density at radius 2 is 1.90 bits per heavy atom. The summed E-state index contributed by atoms with van der Waals surface area (Å²) in [5.41, 5.74) is 1.88. The second kappa shape index (κ2) is 8.89. The van der Waals surface area contributed by atoms with E-state index in [9.17, 15) is 18.3 Å². The molecule has 9 heteroatoms. The van der Waals surface area contributed by atoms with Crippen LogP contribution in [0.3, 0.4) is 0 Å². The lowest BCUT2D eigenvalue weighted by molar-refractivity contribution is -0.137. The molecular weight excluding hydrogens is 407 g/mol. The second-order valence-corrected chi connectivity index (χ2v) is 7.37. The van der Waals surface area contributed by atoms with Crippen molar-refractivity contribution < 1.29 is 18.3 Å². The Bertz CT molecular complexity index is 1010. The number of nitrogens with zero attached hydrogens (tertiary/aromatic N) is 4. The normalized spacial score (nSPS) is 16.5. The van der Waals surface area contributed by atoms with Gasteiger partial charge in [0.25, 0.3) is 0 Å². The van der Waals surface area contributed by atoms with E-state index in [1.54, 1.807) is 6.20 Å². The maximum Gasteiger partial charge on any atom is 0.421 e. The molecule has 1 saturated heterocycles. The summed E-state index contributed by atoms with van der Waals surface area (Å²) < 4.78 is 40.5. The van der Waals surface area contributed by atoms with Gasteiger partial charge in [0, 0.05) is 31.0 Å². The van der Waals surface area contributed by atoms with E-state index < -0.39 is 11.7 Å². The van der Waals surface area contributed by atoms with Gasteiger partial charge < -0.3 is 15.3 Å². The molecule has 0 saturated carbocycles. The Morgan fingerprint density at radius 3 is 2.58 bits per heavy atom. The number of aliphatic hydroxyl groups excluding tert-OH is 1. The number of rotatable bonds is 6. The van der Waals surface area contributed by atoms with Crippen LogP contribution in [0.2, 0.25) is 0 Å². The summed E-state index contributed by atoms with van der Waals surface area (Å²) >= 11 is 0. The molecule has 6 nitrogen and oxygen atoms in total. The van der Waals surface area contributed by atoms with Crippen LogP contribution in [0.4, 0.5) is 24.9 Å². The van der Waals surface area contributed by atoms with Crippen molar-refractivity contribution in [2.75, 3.05) is 23.4 Å². The molecule has 1 aliphatic heterocycles. The molecule has 1 atom stereocenters. The van der Waals surface area contributed by atoms with Crippen LogP contribution in [0.15, 0.2) is 54.9 Å². The maximum atomic E-state index is 13.5. The molecule has 0 aliphatic carbocycles. The number of aliphatic hydroxyl groups is 1. The molecule has 162 valence electrons. The third kappa shape index (κ3) is 4.77. The van der Waals surface area contributed by atoms with Crippen LogP contribution in [0.5, 0.6) is 0 Å². The minimum Gasteiger partial charge on any atom is -0.394 e. The molecule has 2 aromatic heterocycles. The van der Waals surface area contributed by atoms with Gasteiger partial charge in [-0.25, -0.2) is 4.98 Å². The number of alkyl halides is 3. The number of nitrogens with one attached hydrogen (secondary N) is 1. The minimum atomic E-state index is -4.57. The fourth-order valence-corrected chi connectivity index (χ4v) is 3.69. The van der Waals surface area contributed by atoms with Crippen LogP contribution < -0.4 is 10.2 Å². The van der Waals surface area contributed by atoms with Crippen molar-refractivity contribution in [3.63, 3.8) is 0 Å². The van der Waals surface area contributed by atoms with Gasteiger partial charge in [0.05, 0.1) is 18.3 Å². The lowest BCUT2D eigenvalue weighted by Gasteiger charge is -2.27. The van der Waals surface area contributed by atoms with Gasteiger partial charge in [-0.2, -0.15) is 18.2 Å². The zero-order chi connectivity index (χ0) is 21.8. The summed E-state index contributed by atoms with van der Waals surface area (Å²) in [6.07, 6.45) is -0.702. The summed E-state index contributed by atoms with van der Waals surface area (Å²) in [4.78, 5) is 13.9. The zero-order valence-electron chi connectivity index (χ0n) is 16.7. The first-order chi connectivity index (χ1) is 15.0. The zero-order valence-corrected chi connectivity index (χ0v) is 16.7. The quantitative estimate of drug-likeness (QED) is 0.614. The van der Waals surface area contributed by atoms with Gasteiger partial charge in [0.1, 0.15) is 11.4 Å². The highest BCUT2D eigenvalue weighted by Gasteiger charge is 2.39. The van der Waals surface area contributed by atoms with Crippen molar-refractivity contribution in [2.45, 2.75) is 31.6 Å². The summed E-state index contributed by atoms with van der Waals surface area (Å²) in [7, 11) is 0. The topological polar surface area (TPSA) is 74.2 Å². The molecular formula is C22H22F3N5O. The molecule has 4 rings (SSSR count). The highest BCUT2D eigenvalue weighted by atomic mass is 19.4. The first kappa shape index (κ1) is 21.0. The monoisotopic (exact) mass is 429 g/mol. The number of halogens is 3. The van der Waals surface area contributed by atoms with Crippen molar-refractivity contribution in [3.05, 3.63) is 66.0 Å². The van der Waals surface area contributed by atoms with E-state index >= 15 is 0 Å². The van der Waals surface area contributed by atoms with E-state index in [2.05, 4.69) is 20.3 Å². The van der Waals surface area contributed by atoms with E-state index in [1.807, 2.05) is 42.5 Å². The average Bonchev–Trinajstić information content (AvgIpc) is 3.27. The van der Waals surface area contributed by atoms with E-state index in [0.717, 1.165) is 23.0 Å². The first-order valence-electron chi connectivity index (χ1n) is 10.0. The van der Waals surface area contributed by atoms with Crippen LogP contribution >= 0.6 is 0 Å². The van der Waals surface area contributed by atoms with Crippen LogP contribution in [-0.2, 0) is 12.7 Å². The van der Waals surface area contributed by atoms with E-state index in [0.29, 0.717) is 25.9 Å². The lowest BCUT2D eigenvalue weighted by Crippen LogP contribution is -2.34. The van der Waals surface area contributed by atoms with Crippen molar-refractivity contribution in [3.8, 4) is 11.3 Å². The summed E-state index contributed by atoms with van der Waals surface area (Å²) in [5.74, 6) is -0.0764. The fraction of sp³-hybridized carbons (Fsp3) is 0.318. The van der Waals surface area contributed by atoms with Crippen LogP contribution in [0.1, 0.15) is 24.0 Å². The standard InChI is InChI=1S/C22H22F3N5O/c23-22(24,25)18-13-28-21(29-20(18)30-11-3-4-17(30)14-31)27-12-15-6-8-16(9-7-15)19-5-1-2-10-26-19/h1-2,5-10,13,17,31H,3-4,11-12,14H2,(H,27,28,29)/t17-/m1/s1. The summed E-state index contributed by atoms with van der Waals surface area (Å²) in [6, 6.07) is 13.0. The van der Waals surface area contributed by atoms with Crippen LogP contribution in [0.25, 0.3) is 11.3 Å². The first-order valence-corrected chi connectivity index (χ1v) is 10.0. The van der Waals surface area contributed by atoms with Gasteiger partial charge in [0.15, 0.2) is 0 Å². The van der Waals surface area contributed by atoms with Crippen molar-refractivity contribution >= 4 is 11.8 Å². The number of aromatic nitrogens is 3. The van der Waals surface area contributed by atoms with Crippen molar-refractivity contribution in [1.82, 2.24) is 15.0 Å².